The molecular weight excluding hydrogens is 264 g/mol. The van der Waals surface area contributed by atoms with Crippen molar-refractivity contribution in [2.45, 2.75) is 6.10 Å². The van der Waals surface area contributed by atoms with Gasteiger partial charge in [-0.2, -0.15) is 0 Å². The Kier molecular flexibility index (Phi) is 4.91. The normalized spacial score (nSPS) is 20.5. The molecule has 1 unspecified atom stereocenters. The number of carboxylic acids is 1. The Balaban J connectivity index is 2.39. The molecular formula is C9H16N2O6S. The van der Waals surface area contributed by atoms with Crippen LogP contribution in [0.2, 0.25) is 0 Å². The van der Waals surface area contributed by atoms with Crippen LogP contribution in [0, 0.1) is 0 Å². The summed E-state index contributed by atoms with van der Waals surface area (Å²) in [5.41, 5.74) is 0. The topological polar surface area (TPSA) is 113 Å². The minimum absolute atomic E-state index is 0.00671. The fourth-order valence-corrected chi connectivity index (χ4v) is 1.91. The molecule has 1 heterocycles. The Bertz CT molecular complexity index is 421. The summed E-state index contributed by atoms with van der Waals surface area (Å²) in [5.74, 6) is -1.27. The van der Waals surface area contributed by atoms with Gasteiger partial charge in [0.1, 0.15) is 9.84 Å². The highest BCUT2D eigenvalue weighted by Gasteiger charge is 2.28. The Morgan fingerprint density at radius 2 is 2.17 bits per heavy atom. The third kappa shape index (κ3) is 4.88. The molecule has 18 heavy (non-hydrogen) atoms. The van der Waals surface area contributed by atoms with Crippen molar-refractivity contribution in [3.05, 3.63) is 0 Å². The van der Waals surface area contributed by atoms with Gasteiger partial charge in [0.05, 0.1) is 18.9 Å². The lowest BCUT2D eigenvalue weighted by Gasteiger charge is -2.30. The van der Waals surface area contributed by atoms with E-state index in [1.807, 2.05) is 0 Å². The summed E-state index contributed by atoms with van der Waals surface area (Å²) in [5, 5.41) is 11.2. The molecule has 8 nitrogen and oxygen atoms in total. The maximum absolute atomic E-state index is 11.6. The Morgan fingerprint density at radius 3 is 2.72 bits per heavy atom. The maximum atomic E-state index is 11.6. The molecule has 0 aromatic rings. The summed E-state index contributed by atoms with van der Waals surface area (Å²) in [6.07, 6.45) is 0.0494. The van der Waals surface area contributed by atoms with E-state index in [9.17, 15) is 18.0 Å². The Labute approximate surface area is 105 Å². The van der Waals surface area contributed by atoms with E-state index in [1.165, 1.54) is 4.90 Å². The van der Waals surface area contributed by atoms with Crippen molar-refractivity contribution in [2.24, 2.45) is 0 Å². The summed E-state index contributed by atoms with van der Waals surface area (Å²) >= 11 is 0. The van der Waals surface area contributed by atoms with Crippen LogP contribution in [0.3, 0.4) is 0 Å². The molecule has 1 fully saturated rings. The van der Waals surface area contributed by atoms with Gasteiger partial charge in [0, 0.05) is 19.3 Å². The highest BCUT2D eigenvalue weighted by molar-refractivity contribution is 7.90. The van der Waals surface area contributed by atoms with Crippen LogP contribution >= 0.6 is 0 Å². The number of hydrogen-bond acceptors (Lipinski definition) is 5. The smallest absolute Gasteiger partial charge is 0.334 e. The van der Waals surface area contributed by atoms with Crippen LogP contribution in [-0.2, 0) is 19.4 Å². The summed E-state index contributed by atoms with van der Waals surface area (Å²) in [7, 11) is -3.13. The Morgan fingerprint density at radius 1 is 1.50 bits per heavy atom. The first-order chi connectivity index (χ1) is 8.29. The highest BCUT2D eigenvalue weighted by Crippen LogP contribution is 2.05. The standard InChI is InChI=1S/C9H16N2O6S/c1-18(15,16)5-2-10-9(14)11-3-4-17-7(6-11)8(12)13/h7H,2-6H2,1H3,(H,10,14)(H,12,13). The summed E-state index contributed by atoms with van der Waals surface area (Å²) in [6, 6.07) is -0.479. The number of amides is 2. The molecule has 2 amide bonds. The number of urea groups is 1. The van der Waals surface area contributed by atoms with Crippen molar-refractivity contribution >= 4 is 21.8 Å². The summed E-state index contributed by atoms with van der Waals surface area (Å²) < 4.78 is 26.7. The number of nitrogens with zero attached hydrogens (tertiary/aromatic N) is 1. The zero-order valence-electron chi connectivity index (χ0n) is 9.96. The zero-order chi connectivity index (χ0) is 13.8. The molecule has 104 valence electrons. The van der Waals surface area contributed by atoms with E-state index >= 15 is 0 Å². The fraction of sp³-hybridized carbons (Fsp3) is 0.778. The van der Waals surface area contributed by atoms with Gasteiger partial charge in [0.15, 0.2) is 6.10 Å². The predicted molar refractivity (Wildman–Crippen MR) is 62.1 cm³/mol. The quantitative estimate of drug-likeness (QED) is 0.649. The molecule has 0 spiro atoms. The van der Waals surface area contributed by atoms with E-state index in [1.54, 1.807) is 0 Å². The molecule has 9 heteroatoms. The van der Waals surface area contributed by atoms with Gasteiger partial charge in [-0.1, -0.05) is 0 Å². The van der Waals surface area contributed by atoms with Gasteiger partial charge >= 0.3 is 12.0 Å². The first-order valence-corrected chi connectivity index (χ1v) is 7.40. The summed E-state index contributed by atoms with van der Waals surface area (Å²) in [4.78, 5) is 23.6. The van der Waals surface area contributed by atoms with Gasteiger partial charge in [-0.05, 0) is 0 Å². The number of sulfone groups is 1. The van der Waals surface area contributed by atoms with Gasteiger partial charge in [0.25, 0.3) is 0 Å². The molecule has 0 aliphatic carbocycles. The second-order valence-electron chi connectivity index (χ2n) is 4.01. The zero-order valence-corrected chi connectivity index (χ0v) is 10.8. The third-order valence-corrected chi connectivity index (χ3v) is 3.32. The predicted octanol–water partition coefficient (Wildman–Crippen LogP) is -1.47. The van der Waals surface area contributed by atoms with Gasteiger partial charge in [-0.3, -0.25) is 0 Å². The molecule has 2 N–H and O–H groups in total. The van der Waals surface area contributed by atoms with Gasteiger partial charge in [-0.15, -0.1) is 0 Å². The van der Waals surface area contributed by atoms with E-state index in [0.29, 0.717) is 0 Å². The lowest BCUT2D eigenvalue weighted by Crippen LogP contribution is -2.52. The largest absolute Gasteiger partial charge is 0.479 e. The van der Waals surface area contributed by atoms with E-state index in [2.05, 4.69) is 5.32 Å². The SMILES string of the molecule is CS(=O)(=O)CCNC(=O)N1CCOC(C(=O)O)C1. The molecule has 1 rings (SSSR count). The molecule has 0 aromatic heterocycles. The van der Waals surface area contributed by atoms with Gasteiger partial charge < -0.3 is 20.1 Å². The van der Waals surface area contributed by atoms with Crippen LogP contribution < -0.4 is 5.32 Å². The van der Waals surface area contributed by atoms with Crippen LogP contribution in [0.4, 0.5) is 4.79 Å². The molecule has 1 aliphatic heterocycles. The number of ether oxygens (including phenoxy) is 1. The van der Waals surface area contributed by atoms with E-state index in [-0.39, 0.29) is 32.0 Å². The lowest BCUT2D eigenvalue weighted by molar-refractivity contribution is -0.154. The molecule has 0 saturated carbocycles. The fourth-order valence-electron chi connectivity index (χ4n) is 1.44. The minimum Gasteiger partial charge on any atom is -0.479 e. The molecule has 1 aliphatic rings. The van der Waals surface area contributed by atoms with E-state index in [0.717, 1.165) is 6.26 Å². The molecule has 0 bridgehead atoms. The second kappa shape index (κ2) is 6.01. The first kappa shape index (κ1) is 14.7. The van der Waals surface area contributed by atoms with Crippen molar-refractivity contribution in [3.8, 4) is 0 Å². The highest BCUT2D eigenvalue weighted by atomic mass is 32.2. The number of nitrogens with one attached hydrogen (secondary N) is 1. The van der Waals surface area contributed by atoms with Gasteiger partial charge in [-0.25, -0.2) is 18.0 Å². The van der Waals surface area contributed by atoms with Gasteiger partial charge in [0.2, 0.25) is 0 Å². The maximum Gasteiger partial charge on any atom is 0.334 e. The second-order valence-corrected chi connectivity index (χ2v) is 6.27. The Hall–Kier alpha value is -1.35. The number of carbonyl (C=O) groups excluding carboxylic acids is 1. The number of hydrogen-bond donors (Lipinski definition) is 2. The van der Waals surface area contributed by atoms with Crippen LogP contribution in [0.25, 0.3) is 0 Å². The number of aliphatic carboxylic acids is 1. The average Bonchev–Trinajstić information content (AvgIpc) is 2.27. The van der Waals surface area contributed by atoms with Crippen LogP contribution in [0.1, 0.15) is 0 Å². The van der Waals surface area contributed by atoms with Crippen molar-refractivity contribution in [2.75, 3.05) is 38.2 Å². The molecule has 1 atom stereocenters. The van der Waals surface area contributed by atoms with Crippen LogP contribution in [-0.4, -0.2) is 74.8 Å². The number of rotatable bonds is 4. The third-order valence-electron chi connectivity index (χ3n) is 2.38. The number of carboxylic acid groups (broad SMARTS) is 1. The summed E-state index contributed by atoms with van der Waals surface area (Å²) in [6.45, 7) is 0.401. The first-order valence-electron chi connectivity index (χ1n) is 5.34. The number of carbonyl (C=O) groups is 2. The number of morpholine rings is 1. The van der Waals surface area contributed by atoms with E-state index in [4.69, 9.17) is 9.84 Å². The lowest BCUT2D eigenvalue weighted by atomic mass is 10.3. The van der Waals surface area contributed by atoms with E-state index < -0.39 is 27.9 Å². The molecule has 0 radical (unpaired) electrons. The van der Waals surface area contributed by atoms with Crippen molar-refractivity contribution in [1.82, 2.24) is 10.2 Å². The minimum atomic E-state index is -3.13. The van der Waals surface area contributed by atoms with Crippen molar-refractivity contribution in [1.29, 1.82) is 0 Å². The molecule has 0 aromatic carbocycles. The monoisotopic (exact) mass is 280 g/mol. The average molecular weight is 280 g/mol. The van der Waals surface area contributed by atoms with Crippen LogP contribution in [0.5, 0.6) is 0 Å². The van der Waals surface area contributed by atoms with Crippen molar-refractivity contribution < 1.29 is 27.9 Å². The van der Waals surface area contributed by atoms with Crippen molar-refractivity contribution in [3.63, 3.8) is 0 Å². The van der Waals surface area contributed by atoms with Crippen LogP contribution in [0.15, 0.2) is 0 Å². The molecule has 1 saturated heterocycles.